The molecule has 9 heteroatoms. The highest BCUT2D eigenvalue weighted by molar-refractivity contribution is 6.34. The first-order valence-electron chi connectivity index (χ1n) is 11.9. The molecule has 0 aromatic heterocycles. The van der Waals surface area contributed by atoms with E-state index in [9.17, 15) is 27.2 Å². The minimum absolute atomic E-state index is 0.118. The third-order valence-electron chi connectivity index (χ3n) is 6.91. The number of carbonyl (C=O) groups is 2. The molecular weight excluding hydrogens is 484 g/mol. The maximum Gasteiger partial charge on any atom is 0.419 e. The Labute approximate surface area is 206 Å². The lowest BCUT2D eigenvalue weighted by molar-refractivity contribution is -0.140. The molecule has 2 aromatic rings. The van der Waals surface area contributed by atoms with Gasteiger partial charge in [0.05, 0.1) is 22.7 Å². The molecular formula is C26H27ClF4N2O2. The molecule has 4 nitrogen and oxygen atoms in total. The van der Waals surface area contributed by atoms with Gasteiger partial charge in [0, 0.05) is 19.5 Å². The number of nitrogens with zero attached hydrogens (tertiary/aromatic N) is 1. The fourth-order valence-corrected chi connectivity index (χ4v) is 5.25. The third-order valence-corrected chi connectivity index (χ3v) is 7.23. The number of hydrogen-bond donors (Lipinski definition) is 1. The van der Waals surface area contributed by atoms with Crippen LogP contribution in [0.4, 0.5) is 23.2 Å². The SMILES string of the molecule is O=C(Cc1ccc(C(F)(F)F)c(F)c1)Nc1c(Cl)ccc2c1CCN(C(=O)CCC1CCCC1)C2. The Balaban J connectivity index is 1.40. The van der Waals surface area contributed by atoms with Crippen LogP contribution in [0, 0.1) is 11.7 Å². The fraction of sp³-hybridized carbons (Fsp3) is 0.462. The van der Waals surface area contributed by atoms with Crippen molar-refractivity contribution in [1.29, 1.82) is 0 Å². The summed E-state index contributed by atoms with van der Waals surface area (Å²) in [5.74, 6) is -1.16. The predicted molar refractivity (Wildman–Crippen MR) is 126 cm³/mol. The maximum atomic E-state index is 13.9. The standard InChI is InChI=1S/C26H27ClF4N2O2/c27-21-9-7-18-15-33(24(35)10-6-16-3-1-2-4-16)12-11-19(18)25(21)32-23(34)14-17-5-8-20(22(28)13-17)26(29,30)31/h5,7-9,13,16H,1-4,6,10-12,14-15H2,(H,32,34). The molecule has 1 aliphatic carbocycles. The van der Waals surface area contributed by atoms with Gasteiger partial charge in [-0.2, -0.15) is 13.2 Å². The number of nitrogens with one attached hydrogen (secondary N) is 1. The van der Waals surface area contributed by atoms with Gasteiger partial charge in [0.2, 0.25) is 11.8 Å². The van der Waals surface area contributed by atoms with E-state index in [1.807, 2.05) is 11.0 Å². The molecule has 1 N–H and O–H groups in total. The number of halogens is 5. The van der Waals surface area contributed by atoms with Gasteiger partial charge in [0.1, 0.15) is 5.82 Å². The van der Waals surface area contributed by atoms with E-state index in [1.165, 1.54) is 25.7 Å². The van der Waals surface area contributed by atoms with Crippen LogP contribution in [-0.4, -0.2) is 23.3 Å². The summed E-state index contributed by atoms with van der Waals surface area (Å²) in [6, 6.07) is 5.94. The summed E-state index contributed by atoms with van der Waals surface area (Å²) >= 11 is 6.35. The lowest BCUT2D eigenvalue weighted by Gasteiger charge is -2.31. The van der Waals surface area contributed by atoms with E-state index < -0.39 is 23.5 Å². The molecule has 0 saturated heterocycles. The van der Waals surface area contributed by atoms with Crippen LogP contribution < -0.4 is 5.32 Å². The molecule has 1 heterocycles. The number of carbonyl (C=O) groups excluding carboxylic acids is 2. The monoisotopic (exact) mass is 510 g/mol. The number of rotatable bonds is 6. The molecule has 0 bridgehead atoms. The van der Waals surface area contributed by atoms with E-state index in [0.29, 0.717) is 48.6 Å². The van der Waals surface area contributed by atoms with Crippen molar-refractivity contribution in [1.82, 2.24) is 4.90 Å². The lowest BCUT2D eigenvalue weighted by atomic mass is 9.96. The van der Waals surface area contributed by atoms with Gasteiger partial charge in [-0.25, -0.2) is 4.39 Å². The van der Waals surface area contributed by atoms with Gasteiger partial charge >= 0.3 is 6.18 Å². The molecule has 1 fully saturated rings. The molecule has 0 radical (unpaired) electrons. The summed E-state index contributed by atoms with van der Waals surface area (Å²) in [6.45, 7) is 0.951. The summed E-state index contributed by atoms with van der Waals surface area (Å²) in [5, 5.41) is 3.07. The van der Waals surface area contributed by atoms with Crippen LogP contribution in [0.15, 0.2) is 30.3 Å². The molecule has 1 aliphatic heterocycles. The molecule has 0 spiro atoms. The molecule has 2 aromatic carbocycles. The number of benzene rings is 2. The van der Waals surface area contributed by atoms with Crippen molar-refractivity contribution in [2.24, 2.45) is 5.92 Å². The van der Waals surface area contributed by atoms with Crippen LogP contribution >= 0.6 is 11.6 Å². The molecule has 2 aliphatic rings. The van der Waals surface area contributed by atoms with E-state index in [1.54, 1.807) is 6.07 Å². The van der Waals surface area contributed by atoms with Crippen molar-refractivity contribution in [2.75, 3.05) is 11.9 Å². The summed E-state index contributed by atoms with van der Waals surface area (Å²) in [6.07, 6.45) is 1.80. The number of amides is 2. The van der Waals surface area contributed by atoms with Crippen LogP contribution in [0.5, 0.6) is 0 Å². The highest BCUT2D eigenvalue weighted by Gasteiger charge is 2.34. The van der Waals surface area contributed by atoms with Crippen molar-refractivity contribution in [3.63, 3.8) is 0 Å². The van der Waals surface area contributed by atoms with Crippen LogP contribution in [0.2, 0.25) is 5.02 Å². The van der Waals surface area contributed by atoms with Crippen molar-refractivity contribution in [3.05, 3.63) is 63.4 Å². The maximum absolute atomic E-state index is 13.9. The van der Waals surface area contributed by atoms with Crippen LogP contribution in [0.1, 0.15) is 60.8 Å². The topological polar surface area (TPSA) is 49.4 Å². The zero-order valence-electron chi connectivity index (χ0n) is 19.2. The fourth-order valence-electron chi connectivity index (χ4n) is 5.03. The van der Waals surface area contributed by atoms with Gasteiger partial charge in [0.25, 0.3) is 0 Å². The van der Waals surface area contributed by atoms with E-state index in [-0.39, 0.29) is 17.9 Å². The number of alkyl halides is 3. The highest BCUT2D eigenvalue weighted by Crippen LogP contribution is 2.35. The first kappa shape index (κ1) is 25.5. The van der Waals surface area contributed by atoms with E-state index in [0.717, 1.165) is 29.7 Å². The van der Waals surface area contributed by atoms with Crippen molar-refractivity contribution in [2.45, 2.75) is 64.1 Å². The second-order valence-corrected chi connectivity index (χ2v) is 9.76. The molecule has 1 saturated carbocycles. The quantitative estimate of drug-likeness (QED) is 0.449. The molecule has 35 heavy (non-hydrogen) atoms. The zero-order chi connectivity index (χ0) is 25.2. The Morgan fingerprint density at radius 2 is 1.86 bits per heavy atom. The first-order valence-corrected chi connectivity index (χ1v) is 12.2. The largest absolute Gasteiger partial charge is 0.419 e. The Morgan fingerprint density at radius 1 is 1.11 bits per heavy atom. The summed E-state index contributed by atoms with van der Waals surface area (Å²) in [5.41, 5.74) is 0.909. The molecule has 188 valence electrons. The van der Waals surface area contributed by atoms with Crippen LogP contribution in [0.3, 0.4) is 0 Å². The summed E-state index contributed by atoms with van der Waals surface area (Å²) in [4.78, 5) is 27.2. The zero-order valence-corrected chi connectivity index (χ0v) is 19.9. The summed E-state index contributed by atoms with van der Waals surface area (Å²) < 4.78 is 52.2. The van der Waals surface area contributed by atoms with Gasteiger partial charge in [-0.3, -0.25) is 9.59 Å². The average molecular weight is 511 g/mol. The Hall–Kier alpha value is -2.61. The minimum Gasteiger partial charge on any atom is -0.338 e. The van der Waals surface area contributed by atoms with E-state index in [4.69, 9.17) is 11.6 Å². The molecule has 2 amide bonds. The van der Waals surface area contributed by atoms with Crippen molar-refractivity contribution in [3.8, 4) is 0 Å². The van der Waals surface area contributed by atoms with Crippen LogP contribution in [0.25, 0.3) is 0 Å². The number of anilines is 1. The normalized spacial score (nSPS) is 16.3. The van der Waals surface area contributed by atoms with Crippen molar-refractivity contribution >= 4 is 29.1 Å². The molecule has 0 unspecified atom stereocenters. The van der Waals surface area contributed by atoms with Gasteiger partial charge in [-0.15, -0.1) is 0 Å². The van der Waals surface area contributed by atoms with Gasteiger partial charge in [-0.05, 0) is 53.6 Å². The highest BCUT2D eigenvalue weighted by atomic mass is 35.5. The van der Waals surface area contributed by atoms with Gasteiger partial charge < -0.3 is 10.2 Å². The number of hydrogen-bond acceptors (Lipinski definition) is 2. The average Bonchev–Trinajstić information content (AvgIpc) is 3.32. The van der Waals surface area contributed by atoms with E-state index >= 15 is 0 Å². The van der Waals surface area contributed by atoms with E-state index in [2.05, 4.69) is 5.32 Å². The van der Waals surface area contributed by atoms with Gasteiger partial charge in [-0.1, -0.05) is 49.4 Å². The predicted octanol–water partition coefficient (Wildman–Crippen LogP) is 6.53. The lowest BCUT2D eigenvalue weighted by Crippen LogP contribution is -2.36. The minimum atomic E-state index is -4.80. The third kappa shape index (κ3) is 6.15. The Morgan fingerprint density at radius 3 is 2.54 bits per heavy atom. The molecule has 4 rings (SSSR count). The smallest absolute Gasteiger partial charge is 0.338 e. The Kier molecular flexibility index (Phi) is 7.69. The first-order chi connectivity index (χ1) is 16.6. The van der Waals surface area contributed by atoms with Crippen molar-refractivity contribution < 1.29 is 27.2 Å². The number of fused-ring (bicyclic) bond motifs is 1. The second-order valence-electron chi connectivity index (χ2n) is 9.35. The van der Waals surface area contributed by atoms with Crippen LogP contribution in [-0.2, 0) is 35.2 Å². The van der Waals surface area contributed by atoms with Gasteiger partial charge in [0.15, 0.2) is 0 Å². The summed E-state index contributed by atoms with van der Waals surface area (Å²) in [7, 11) is 0. The molecule has 0 atom stereocenters. The Bertz CT molecular complexity index is 1110. The second kappa shape index (κ2) is 10.6.